The van der Waals surface area contributed by atoms with Gasteiger partial charge in [-0.3, -0.25) is 0 Å². The van der Waals surface area contributed by atoms with E-state index in [-0.39, 0.29) is 5.38 Å². The molecule has 1 aromatic carbocycles. The fraction of sp³-hybridized carbons (Fsp3) is 0.538. The average molecular weight is 211 g/mol. The lowest BCUT2D eigenvalue weighted by Crippen LogP contribution is -2.07. The Morgan fingerprint density at radius 3 is 2.43 bits per heavy atom. The molecule has 0 radical (unpaired) electrons. The van der Waals surface area contributed by atoms with E-state index in [1.54, 1.807) is 0 Å². The Bertz CT molecular complexity index is 278. The summed E-state index contributed by atoms with van der Waals surface area (Å²) >= 11 is 6.28. The highest BCUT2D eigenvalue weighted by atomic mass is 35.5. The molecule has 0 aliphatic heterocycles. The molecule has 0 amide bonds. The number of hydrogen-bond acceptors (Lipinski definition) is 0. The highest BCUT2D eigenvalue weighted by Crippen LogP contribution is 2.18. The molecule has 1 atom stereocenters. The van der Waals surface area contributed by atoms with Crippen molar-refractivity contribution in [3.05, 3.63) is 35.4 Å². The molecule has 0 N–H and O–H groups in total. The second-order valence-corrected chi connectivity index (χ2v) is 4.97. The summed E-state index contributed by atoms with van der Waals surface area (Å²) in [6, 6.07) is 8.48. The molecule has 0 nitrogen and oxygen atoms in total. The van der Waals surface area contributed by atoms with Crippen molar-refractivity contribution in [2.24, 2.45) is 5.92 Å². The minimum atomic E-state index is 0.274. The Labute approximate surface area is 92.3 Å². The van der Waals surface area contributed by atoms with Crippen LogP contribution in [0, 0.1) is 12.8 Å². The van der Waals surface area contributed by atoms with Crippen molar-refractivity contribution in [3.8, 4) is 0 Å². The van der Waals surface area contributed by atoms with Gasteiger partial charge in [0.2, 0.25) is 0 Å². The van der Waals surface area contributed by atoms with Gasteiger partial charge in [0.15, 0.2) is 0 Å². The lowest BCUT2D eigenvalue weighted by atomic mass is 9.99. The number of halogens is 1. The summed E-state index contributed by atoms with van der Waals surface area (Å²) < 4.78 is 0. The van der Waals surface area contributed by atoms with Gasteiger partial charge >= 0.3 is 0 Å². The number of aryl methyl sites for hydroxylation is 1. The molecule has 0 bridgehead atoms. The van der Waals surface area contributed by atoms with E-state index in [0.717, 1.165) is 12.8 Å². The quantitative estimate of drug-likeness (QED) is 0.654. The maximum Gasteiger partial charge on any atom is 0.0378 e. The summed E-state index contributed by atoms with van der Waals surface area (Å²) in [5.41, 5.74) is 2.73. The predicted octanol–water partition coefficient (Wildman–Crippen LogP) is 4.19. The van der Waals surface area contributed by atoms with E-state index in [1.807, 2.05) is 0 Å². The Balaban J connectivity index is 2.56. The summed E-state index contributed by atoms with van der Waals surface area (Å²) in [6.07, 6.45) is 2.09. The van der Waals surface area contributed by atoms with Crippen molar-refractivity contribution in [1.82, 2.24) is 0 Å². The average Bonchev–Trinajstić information content (AvgIpc) is 2.07. The van der Waals surface area contributed by atoms with Crippen LogP contribution in [0.3, 0.4) is 0 Å². The van der Waals surface area contributed by atoms with E-state index in [0.29, 0.717) is 5.92 Å². The lowest BCUT2D eigenvalue weighted by molar-refractivity contribution is 0.561. The van der Waals surface area contributed by atoms with Gasteiger partial charge in [-0.2, -0.15) is 0 Å². The molecule has 14 heavy (non-hydrogen) atoms. The van der Waals surface area contributed by atoms with Gasteiger partial charge in [0, 0.05) is 5.38 Å². The second-order valence-electron chi connectivity index (χ2n) is 4.36. The van der Waals surface area contributed by atoms with Gasteiger partial charge in [-0.1, -0.05) is 38.1 Å². The molecule has 1 heteroatoms. The molecule has 0 fully saturated rings. The van der Waals surface area contributed by atoms with Gasteiger partial charge in [-0.25, -0.2) is 0 Å². The Morgan fingerprint density at radius 1 is 1.21 bits per heavy atom. The molecule has 1 aromatic rings. The predicted molar refractivity (Wildman–Crippen MR) is 64.0 cm³/mol. The summed E-state index contributed by atoms with van der Waals surface area (Å²) in [5, 5.41) is 0.274. The number of hydrogen-bond donors (Lipinski definition) is 0. The maximum atomic E-state index is 6.28. The van der Waals surface area contributed by atoms with Crippen molar-refractivity contribution in [3.63, 3.8) is 0 Å². The van der Waals surface area contributed by atoms with Crippen LogP contribution in [-0.2, 0) is 6.42 Å². The van der Waals surface area contributed by atoms with Crippen LogP contribution in [0.25, 0.3) is 0 Å². The second kappa shape index (κ2) is 5.41. The minimum Gasteiger partial charge on any atom is -0.123 e. The lowest BCUT2D eigenvalue weighted by Gasteiger charge is -2.13. The van der Waals surface area contributed by atoms with Crippen LogP contribution < -0.4 is 0 Å². The smallest absolute Gasteiger partial charge is 0.0378 e. The molecule has 1 rings (SSSR count). The van der Waals surface area contributed by atoms with Gasteiger partial charge in [0.05, 0.1) is 0 Å². The molecular formula is C13H19Cl. The van der Waals surface area contributed by atoms with Crippen LogP contribution in [0.15, 0.2) is 24.3 Å². The Hall–Kier alpha value is -0.490. The zero-order valence-corrected chi connectivity index (χ0v) is 10.0. The number of rotatable bonds is 4. The van der Waals surface area contributed by atoms with Crippen molar-refractivity contribution >= 4 is 11.6 Å². The van der Waals surface area contributed by atoms with Gasteiger partial charge in [0.1, 0.15) is 0 Å². The van der Waals surface area contributed by atoms with Crippen molar-refractivity contribution in [2.75, 3.05) is 0 Å². The van der Waals surface area contributed by atoms with Crippen LogP contribution >= 0.6 is 11.6 Å². The first-order valence-corrected chi connectivity index (χ1v) is 5.72. The molecule has 1 unspecified atom stereocenters. The van der Waals surface area contributed by atoms with Gasteiger partial charge in [-0.15, -0.1) is 11.6 Å². The zero-order valence-electron chi connectivity index (χ0n) is 9.26. The third-order valence-electron chi connectivity index (χ3n) is 2.43. The van der Waals surface area contributed by atoms with Gasteiger partial charge in [0.25, 0.3) is 0 Å². The monoisotopic (exact) mass is 210 g/mol. The molecule has 0 aromatic heterocycles. The standard InChI is InChI=1S/C13H19Cl/c1-10(2)8-13(14)9-12-7-5-4-6-11(12)3/h4-7,10,13H,8-9H2,1-3H3. The van der Waals surface area contributed by atoms with Crippen LogP contribution in [0.4, 0.5) is 0 Å². The summed E-state index contributed by atoms with van der Waals surface area (Å²) in [6.45, 7) is 6.58. The largest absolute Gasteiger partial charge is 0.123 e. The summed E-state index contributed by atoms with van der Waals surface area (Å²) in [5.74, 6) is 0.682. The van der Waals surface area contributed by atoms with Gasteiger partial charge < -0.3 is 0 Å². The van der Waals surface area contributed by atoms with E-state index >= 15 is 0 Å². The van der Waals surface area contributed by atoms with Crippen LogP contribution in [0.2, 0.25) is 0 Å². The zero-order chi connectivity index (χ0) is 10.6. The highest BCUT2D eigenvalue weighted by molar-refractivity contribution is 6.20. The van der Waals surface area contributed by atoms with E-state index in [4.69, 9.17) is 11.6 Å². The van der Waals surface area contributed by atoms with Crippen molar-refractivity contribution in [2.45, 2.75) is 39.0 Å². The summed E-state index contributed by atoms with van der Waals surface area (Å²) in [7, 11) is 0. The fourth-order valence-electron chi connectivity index (χ4n) is 1.67. The van der Waals surface area contributed by atoms with Crippen molar-refractivity contribution < 1.29 is 0 Å². The molecule has 0 heterocycles. The van der Waals surface area contributed by atoms with Crippen LogP contribution in [0.5, 0.6) is 0 Å². The minimum absolute atomic E-state index is 0.274. The molecule has 0 saturated heterocycles. The number of alkyl halides is 1. The third kappa shape index (κ3) is 3.71. The first-order chi connectivity index (χ1) is 6.59. The summed E-state index contributed by atoms with van der Waals surface area (Å²) in [4.78, 5) is 0. The topological polar surface area (TPSA) is 0 Å². The fourth-order valence-corrected chi connectivity index (χ4v) is 2.20. The molecule has 78 valence electrons. The van der Waals surface area contributed by atoms with E-state index in [2.05, 4.69) is 45.0 Å². The first-order valence-electron chi connectivity index (χ1n) is 5.28. The molecule has 0 aliphatic carbocycles. The number of benzene rings is 1. The first kappa shape index (κ1) is 11.6. The molecule has 0 saturated carbocycles. The molecule has 0 aliphatic rings. The van der Waals surface area contributed by atoms with E-state index in [1.165, 1.54) is 11.1 Å². The van der Waals surface area contributed by atoms with Crippen LogP contribution in [0.1, 0.15) is 31.4 Å². The maximum absolute atomic E-state index is 6.28. The van der Waals surface area contributed by atoms with E-state index in [9.17, 15) is 0 Å². The van der Waals surface area contributed by atoms with E-state index < -0.39 is 0 Å². The third-order valence-corrected chi connectivity index (χ3v) is 2.76. The highest BCUT2D eigenvalue weighted by Gasteiger charge is 2.09. The molecule has 0 spiro atoms. The SMILES string of the molecule is Cc1ccccc1CC(Cl)CC(C)C. The molecular weight excluding hydrogens is 192 g/mol. The Kier molecular flexibility index (Phi) is 4.47. The van der Waals surface area contributed by atoms with Crippen LogP contribution in [-0.4, -0.2) is 5.38 Å². The normalized spacial score (nSPS) is 13.2. The van der Waals surface area contributed by atoms with Gasteiger partial charge in [-0.05, 0) is 36.8 Å². The Morgan fingerprint density at radius 2 is 1.86 bits per heavy atom. The van der Waals surface area contributed by atoms with Crippen molar-refractivity contribution in [1.29, 1.82) is 0 Å².